The molecule has 0 spiro atoms. The van der Waals surface area contributed by atoms with Crippen LogP contribution >= 0.6 is 0 Å². The molecule has 7 heteroatoms. The molecule has 1 aromatic carbocycles. The van der Waals surface area contributed by atoms with E-state index >= 15 is 0 Å². The van der Waals surface area contributed by atoms with E-state index in [1.807, 2.05) is 13.8 Å². The number of rotatable bonds is 5. The molecule has 2 aromatic rings. The number of benzene rings is 1. The molecule has 0 amide bonds. The van der Waals surface area contributed by atoms with Gasteiger partial charge in [-0.3, -0.25) is 10.1 Å². The fourth-order valence-electron chi connectivity index (χ4n) is 1.73. The first-order chi connectivity index (χ1) is 9.45. The average Bonchev–Trinajstić information content (AvgIpc) is 2.84. The Morgan fingerprint density at radius 3 is 2.80 bits per heavy atom. The number of hydrogen-bond donors (Lipinski definition) is 1. The minimum Gasteiger partial charge on any atom is -0.334 e. The Bertz CT molecular complexity index is 622. The Hall–Kier alpha value is -2.28. The Balaban J connectivity index is 2.25. The minimum absolute atomic E-state index is 0.0139. The molecule has 0 radical (unpaired) electrons. The zero-order chi connectivity index (χ0) is 14.7. The summed E-state index contributed by atoms with van der Waals surface area (Å²) < 4.78 is 5.15. The SMILES string of the molecule is Cc1cc(-c2nc(CNC(C)C)no2)cc([N+](=O)[O-])c1. The maximum Gasteiger partial charge on any atom is 0.270 e. The molecule has 0 bridgehead atoms. The van der Waals surface area contributed by atoms with Crippen molar-refractivity contribution in [2.24, 2.45) is 0 Å². The molecule has 0 unspecified atom stereocenters. The monoisotopic (exact) mass is 276 g/mol. The lowest BCUT2D eigenvalue weighted by Crippen LogP contribution is -2.22. The molecule has 1 N–H and O–H groups in total. The highest BCUT2D eigenvalue weighted by Gasteiger charge is 2.14. The Morgan fingerprint density at radius 2 is 2.15 bits per heavy atom. The summed E-state index contributed by atoms with van der Waals surface area (Å²) in [6.07, 6.45) is 0. The van der Waals surface area contributed by atoms with Crippen LogP contribution in [0, 0.1) is 17.0 Å². The molecule has 1 heterocycles. The van der Waals surface area contributed by atoms with Crippen LogP contribution in [0.5, 0.6) is 0 Å². The molecule has 0 saturated carbocycles. The quantitative estimate of drug-likeness (QED) is 0.665. The van der Waals surface area contributed by atoms with Gasteiger partial charge >= 0.3 is 0 Å². The van der Waals surface area contributed by atoms with Gasteiger partial charge in [-0.05, 0) is 18.6 Å². The van der Waals surface area contributed by atoms with Gasteiger partial charge in [0.1, 0.15) is 0 Å². The van der Waals surface area contributed by atoms with Gasteiger partial charge in [0.05, 0.1) is 11.5 Å². The van der Waals surface area contributed by atoms with Crippen LogP contribution < -0.4 is 5.32 Å². The van der Waals surface area contributed by atoms with Crippen molar-refractivity contribution >= 4 is 5.69 Å². The largest absolute Gasteiger partial charge is 0.334 e. The van der Waals surface area contributed by atoms with Crippen molar-refractivity contribution in [2.75, 3.05) is 0 Å². The highest BCUT2D eigenvalue weighted by atomic mass is 16.6. The molecule has 2 rings (SSSR count). The third kappa shape index (κ3) is 3.39. The van der Waals surface area contributed by atoms with E-state index in [0.717, 1.165) is 5.56 Å². The van der Waals surface area contributed by atoms with Crippen LogP contribution in [0.25, 0.3) is 11.5 Å². The third-order valence-electron chi connectivity index (χ3n) is 2.66. The summed E-state index contributed by atoms with van der Waals surface area (Å²) in [4.78, 5) is 14.6. The second-order valence-corrected chi connectivity index (χ2v) is 4.87. The van der Waals surface area contributed by atoms with E-state index < -0.39 is 4.92 Å². The number of aromatic nitrogens is 2. The van der Waals surface area contributed by atoms with Gasteiger partial charge < -0.3 is 9.84 Å². The molecule has 1 aromatic heterocycles. The van der Waals surface area contributed by atoms with Crippen molar-refractivity contribution in [2.45, 2.75) is 33.4 Å². The molecule has 0 atom stereocenters. The van der Waals surface area contributed by atoms with Gasteiger partial charge in [-0.25, -0.2) is 0 Å². The number of aryl methyl sites for hydroxylation is 1. The van der Waals surface area contributed by atoms with Gasteiger partial charge in [0.2, 0.25) is 0 Å². The molecule has 0 aliphatic rings. The van der Waals surface area contributed by atoms with Crippen molar-refractivity contribution in [1.29, 1.82) is 0 Å². The predicted octanol–water partition coefficient (Wildman–Crippen LogP) is 2.45. The Labute approximate surface area is 116 Å². The van der Waals surface area contributed by atoms with Crippen LogP contribution in [-0.2, 0) is 6.54 Å². The van der Waals surface area contributed by atoms with E-state index in [2.05, 4.69) is 15.5 Å². The van der Waals surface area contributed by atoms with Crippen molar-refractivity contribution in [3.8, 4) is 11.5 Å². The Morgan fingerprint density at radius 1 is 1.40 bits per heavy atom. The van der Waals surface area contributed by atoms with E-state index in [1.165, 1.54) is 12.1 Å². The number of nitro benzene ring substituents is 1. The summed E-state index contributed by atoms with van der Waals surface area (Å²) in [6.45, 7) is 6.32. The summed E-state index contributed by atoms with van der Waals surface area (Å²) in [5, 5.41) is 17.9. The standard InChI is InChI=1S/C13H16N4O3/c1-8(2)14-7-12-15-13(20-16-12)10-4-9(3)5-11(6-10)17(18)19/h4-6,8,14H,7H2,1-3H3. The zero-order valence-corrected chi connectivity index (χ0v) is 11.6. The van der Waals surface area contributed by atoms with Gasteiger partial charge in [0.15, 0.2) is 5.82 Å². The van der Waals surface area contributed by atoms with E-state index in [0.29, 0.717) is 24.0 Å². The summed E-state index contributed by atoms with van der Waals surface area (Å²) in [7, 11) is 0. The fraction of sp³-hybridized carbons (Fsp3) is 0.385. The van der Waals surface area contributed by atoms with Crippen LogP contribution in [0.1, 0.15) is 25.2 Å². The van der Waals surface area contributed by atoms with E-state index in [9.17, 15) is 10.1 Å². The number of nitrogens with zero attached hydrogens (tertiary/aromatic N) is 3. The molecule has 106 valence electrons. The van der Waals surface area contributed by atoms with Crippen LogP contribution in [-0.4, -0.2) is 21.1 Å². The van der Waals surface area contributed by atoms with Gasteiger partial charge in [0.25, 0.3) is 11.6 Å². The lowest BCUT2D eigenvalue weighted by molar-refractivity contribution is -0.384. The van der Waals surface area contributed by atoms with Crippen molar-refractivity contribution in [3.63, 3.8) is 0 Å². The summed E-state index contributed by atoms with van der Waals surface area (Å²) in [5.41, 5.74) is 1.34. The molecule has 0 aliphatic heterocycles. The van der Waals surface area contributed by atoms with Gasteiger partial charge in [-0.1, -0.05) is 19.0 Å². The lowest BCUT2D eigenvalue weighted by atomic mass is 10.1. The number of non-ortho nitro benzene ring substituents is 1. The molecular formula is C13H16N4O3. The van der Waals surface area contributed by atoms with Crippen LogP contribution in [0.2, 0.25) is 0 Å². The second-order valence-electron chi connectivity index (χ2n) is 4.87. The second kappa shape index (κ2) is 5.79. The summed E-state index contributed by atoms with van der Waals surface area (Å²) >= 11 is 0. The Kier molecular flexibility index (Phi) is 4.09. The van der Waals surface area contributed by atoms with Gasteiger partial charge in [0, 0.05) is 23.7 Å². The third-order valence-corrected chi connectivity index (χ3v) is 2.66. The topological polar surface area (TPSA) is 94.1 Å². The van der Waals surface area contributed by atoms with Gasteiger partial charge in [-0.2, -0.15) is 4.98 Å². The molecule has 0 saturated heterocycles. The normalized spacial score (nSPS) is 11.0. The number of hydrogen-bond acceptors (Lipinski definition) is 6. The van der Waals surface area contributed by atoms with E-state index in [-0.39, 0.29) is 11.6 Å². The molecular weight excluding hydrogens is 260 g/mol. The molecule has 20 heavy (non-hydrogen) atoms. The zero-order valence-electron chi connectivity index (χ0n) is 11.6. The van der Waals surface area contributed by atoms with Gasteiger partial charge in [-0.15, -0.1) is 0 Å². The van der Waals surface area contributed by atoms with Crippen molar-refractivity contribution in [1.82, 2.24) is 15.5 Å². The highest BCUT2D eigenvalue weighted by Crippen LogP contribution is 2.24. The maximum absolute atomic E-state index is 10.8. The average molecular weight is 276 g/mol. The van der Waals surface area contributed by atoms with Crippen LogP contribution in [0.3, 0.4) is 0 Å². The summed E-state index contributed by atoms with van der Waals surface area (Å²) in [5.74, 6) is 0.815. The first kappa shape index (κ1) is 14.1. The lowest BCUT2D eigenvalue weighted by Gasteiger charge is -2.03. The van der Waals surface area contributed by atoms with Crippen LogP contribution in [0.15, 0.2) is 22.7 Å². The number of nitro groups is 1. The summed E-state index contributed by atoms with van der Waals surface area (Å²) in [6, 6.07) is 5.03. The highest BCUT2D eigenvalue weighted by molar-refractivity contribution is 5.59. The van der Waals surface area contributed by atoms with Crippen molar-refractivity contribution < 1.29 is 9.45 Å². The predicted molar refractivity (Wildman–Crippen MR) is 73.1 cm³/mol. The van der Waals surface area contributed by atoms with E-state index in [1.54, 1.807) is 13.0 Å². The molecule has 0 fully saturated rings. The first-order valence-corrected chi connectivity index (χ1v) is 6.28. The molecule has 0 aliphatic carbocycles. The first-order valence-electron chi connectivity index (χ1n) is 6.28. The molecule has 7 nitrogen and oxygen atoms in total. The smallest absolute Gasteiger partial charge is 0.270 e. The minimum atomic E-state index is -0.436. The fourth-order valence-corrected chi connectivity index (χ4v) is 1.73. The van der Waals surface area contributed by atoms with Crippen LogP contribution in [0.4, 0.5) is 5.69 Å². The maximum atomic E-state index is 10.8. The van der Waals surface area contributed by atoms with Crippen molar-refractivity contribution in [3.05, 3.63) is 39.7 Å². The van der Waals surface area contributed by atoms with E-state index in [4.69, 9.17) is 4.52 Å². The number of nitrogens with one attached hydrogen (secondary N) is 1.